The average molecular weight is 324 g/mol. The zero-order chi connectivity index (χ0) is 15.0. The van der Waals surface area contributed by atoms with Crippen LogP contribution in [-0.2, 0) is 20.0 Å². The normalized spacial score (nSPS) is 35.2. The van der Waals surface area contributed by atoms with Crippen LogP contribution in [0.1, 0.15) is 33.1 Å². The fraction of sp³-hybridized carbons (Fsp3) is 1.00. The largest absolute Gasteiger partial charge is 0.279 e. The zero-order valence-corrected chi connectivity index (χ0v) is 13.7. The molecule has 118 valence electrons. The van der Waals surface area contributed by atoms with Crippen molar-refractivity contribution in [1.29, 1.82) is 0 Å². The highest BCUT2D eigenvalue weighted by Crippen LogP contribution is 2.23. The average Bonchev–Trinajstić information content (AvgIpc) is 2.64. The van der Waals surface area contributed by atoms with Gasteiger partial charge in [-0.05, 0) is 31.1 Å². The quantitative estimate of drug-likeness (QED) is 0.810. The van der Waals surface area contributed by atoms with Crippen LogP contribution in [0.3, 0.4) is 0 Å². The molecule has 2 fully saturated rings. The summed E-state index contributed by atoms with van der Waals surface area (Å²) in [5.41, 5.74) is 0. The van der Waals surface area contributed by atoms with Crippen molar-refractivity contribution in [2.45, 2.75) is 38.4 Å². The second kappa shape index (κ2) is 5.90. The van der Waals surface area contributed by atoms with Gasteiger partial charge in [0.25, 0.3) is 10.2 Å². The number of sulfone groups is 1. The third kappa shape index (κ3) is 3.72. The zero-order valence-electron chi connectivity index (χ0n) is 12.1. The van der Waals surface area contributed by atoms with Crippen LogP contribution >= 0.6 is 0 Å². The van der Waals surface area contributed by atoms with Gasteiger partial charge in [-0.3, -0.25) is 0 Å². The summed E-state index contributed by atoms with van der Waals surface area (Å²) >= 11 is 0. The predicted octanol–water partition coefficient (Wildman–Crippen LogP) is 0.376. The highest BCUT2D eigenvalue weighted by Gasteiger charge is 2.34. The van der Waals surface area contributed by atoms with E-state index in [1.54, 1.807) is 0 Å². The molecule has 2 rings (SSSR count). The lowest BCUT2D eigenvalue weighted by molar-refractivity contribution is 0.220. The van der Waals surface area contributed by atoms with Crippen molar-refractivity contribution in [1.82, 2.24) is 9.03 Å². The molecule has 0 amide bonds. The van der Waals surface area contributed by atoms with E-state index < -0.39 is 25.3 Å². The molecule has 0 bridgehead atoms. The van der Waals surface area contributed by atoms with Crippen LogP contribution in [0.5, 0.6) is 0 Å². The van der Waals surface area contributed by atoms with E-state index in [0.717, 1.165) is 6.42 Å². The van der Waals surface area contributed by atoms with Gasteiger partial charge in [-0.2, -0.15) is 12.7 Å². The lowest BCUT2D eigenvalue weighted by Gasteiger charge is -2.34. The fourth-order valence-corrected chi connectivity index (χ4v) is 6.55. The van der Waals surface area contributed by atoms with Gasteiger partial charge in [0, 0.05) is 19.6 Å². The molecule has 2 aliphatic heterocycles. The maximum Gasteiger partial charge on any atom is 0.279 e. The van der Waals surface area contributed by atoms with E-state index in [4.69, 9.17) is 0 Å². The van der Waals surface area contributed by atoms with Crippen LogP contribution in [0, 0.1) is 11.8 Å². The predicted molar refractivity (Wildman–Crippen MR) is 78.2 cm³/mol. The minimum absolute atomic E-state index is 0.00390. The van der Waals surface area contributed by atoms with Gasteiger partial charge in [-0.15, -0.1) is 0 Å². The molecule has 0 saturated carbocycles. The van der Waals surface area contributed by atoms with Crippen LogP contribution in [0.15, 0.2) is 0 Å². The van der Waals surface area contributed by atoms with Crippen LogP contribution in [-0.4, -0.2) is 51.8 Å². The Bertz CT molecular complexity index is 534. The minimum Gasteiger partial charge on any atom is -0.229 e. The lowest BCUT2D eigenvalue weighted by atomic mass is 9.94. The van der Waals surface area contributed by atoms with E-state index in [2.05, 4.69) is 4.72 Å². The maximum absolute atomic E-state index is 12.3. The summed E-state index contributed by atoms with van der Waals surface area (Å²) in [5.74, 6) is 0.855. The van der Waals surface area contributed by atoms with Gasteiger partial charge < -0.3 is 0 Å². The van der Waals surface area contributed by atoms with Crippen LogP contribution in [0.2, 0.25) is 0 Å². The molecule has 0 aromatic carbocycles. The smallest absolute Gasteiger partial charge is 0.229 e. The van der Waals surface area contributed by atoms with E-state index in [0.29, 0.717) is 37.8 Å². The Balaban J connectivity index is 1.97. The molecule has 3 atom stereocenters. The van der Waals surface area contributed by atoms with Crippen molar-refractivity contribution < 1.29 is 16.8 Å². The standard InChI is InChI=1S/C12H24N2O4S2/c1-10-6-11(2)9-14(8-10)20(17,18)13-7-12-4-3-5-19(12,15)16/h10-13H,3-9H2,1-2H3/t10-,11+,12-/m1/s1. The van der Waals surface area contributed by atoms with E-state index in [-0.39, 0.29) is 12.3 Å². The summed E-state index contributed by atoms with van der Waals surface area (Å²) in [4.78, 5) is 0. The molecule has 0 radical (unpaired) electrons. The number of hydrogen-bond donors (Lipinski definition) is 1. The van der Waals surface area contributed by atoms with Crippen LogP contribution in [0.25, 0.3) is 0 Å². The summed E-state index contributed by atoms with van der Waals surface area (Å²) in [6.45, 7) is 5.11. The Labute approximate surface area is 122 Å². The number of rotatable bonds is 4. The molecule has 0 spiro atoms. The molecular formula is C12H24N2O4S2. The monoisotopic (exact) mass is 324 g/mol. The molecule has 0 aromatic heterocycles. The Kier molecular flexibility index (Phi) is 4.78. The van der Waals surface area contributed by atoms with Gasteiger partial charge in [0.15, 0.2) is 9.84 Å². The summed E-state index contributed by atoms with van der Waals surface area (Å²) in [5, 5.41) is -0.558. The molecule has 0 aliphatic carbocycles. The van der Waals surface area contributed by atoms with Crippen LogP contribution < -0.4 is 4.72 Å². The van der Waals surface area contributed by atoms with Crippen molar-refractivity contribution in [2.24, 2.45) is 11.8 Å². The van der Waals surface area contributed by atoms with E-state index >= 15 is 0 Å². The number of hydrogen-bond acceptors (Lipinski definition) is 4. The van der Waals surface area contributed by atoms with Crippen molar-refractivity contribution in [2.75, 3.05) is 25.4 Å². The van der Waals surface area contributed by atoms with Gasteiger partial charge in [-0.1, -0.05) is 13.8 Å². The molecule has 1 N–H and O–H groups in total. The van der Waals surface area contributed by atoms with E-state index in [1.807, 2.05) is 13.8 Å². The molecule has 6 nitrogen and oxygen atoms in total. The molecule has 2 heterocycles. The molecular weight excluding hydrogens is 300 g/mol. The maximum atomic E-state index is 12.3. The summed E-state index contributed by atoms with van der Waals surface area (Å²) in [7, 11) is -6.68. The fourth-order valence-electron chi connectivity index (χ4n) is 3.18. The molecule has 20 heavy (non-hydrogen) atoms. The highest BCUT2D eigenvalue weighted by atomic mass is 32.2. The highest BCUT2D eigenvalue weighted by molar-refractivity contribution is 7.92. The second-order valence-corrected chi connectivity index (χ2v) is 10.4. The summed E-state index contributed by atoms with van der Waals surface area (Å²) in [6, 6.07) is 0. The number of nitrogens with zero attached hydrogens (tertiary/aromatic N) is 1. The van der Waals surface area contributed by atoms with Crippen molar-refractivity contribution in [3.8, 4) is 0 Å². The summed E-state index contributed by atoms with van der Waals surface area (Å²) in [6.07, 6.45) is 2.22. The first-order valence-electron chi connectivity index (χ1n) is 7.17. The Morgan fingerprint density at radius 2 is 1.80 bits per heavy atom. The topological polar surface area (TPSA) is 83.6 Å². The third-order valence-electron chi connectivity index (χ3n) is 4.13. The minimum atomic E-state index is -3.57. The molecule has 0 unspecified atom stereocenters. The van der Waals surface area contributed by atoms with Gasteiger partial charge in [0.1, 0.15) is 0 Å². The Morgan fingerprint density at radius 1 is 1.20 bits per heavy atom. The molecule has 2 saturated heterocycles. The van der Waals surface area contributed by atoms with Gasteiger partial charge in [0.2, 0.25) is 0 Å². The van der Waals surface area contributed by atoms with Crippen molar-refractivity contribution >= 4 is 20.0 Å². The SMILES string of the molecule is C[C@@H]1C[C@H](C)CN(S(=O)(=O)NC[C@H]2CCCS2(=O)=O)C1. The van der Waals surface area contributed by atoms with Crippen LogP contribution in [0.4, 0.5) is 0 Å². The van der Waals surface area contributed by atoms with Gasteiger partial charge in [0.05, 0.1) is 11.0 Å². The first kappa shape index (κ1) is 16.2. The van der Waals surface area contributed by atoms with Crippen molar-refractivity contribution in [3.05, 3.63) is 0 Å². The molecule has 2 aliphatic rings. The first-order chi connectivity index (χ1) is 9.21. The second-order valence-electron chi connectivity index (χ2n) is 6.25. The molecule has 8 heteroatoms. The van der Waals surface area contributed by atoms with E-state index in [1.165, 1.54) is 4.31 Å². The Hall–Kier alpha value is -0.180. The Morgan fingerprint density at radius 3 is 2.30 bits per heavy atom. The van der Waals surface area contributed by atoms with Crippen molar-refractivity contribution in [3.63, 3.8) is 0 Å². The number of nitrogens with one attached hydrogen (secondary N) is 1. The van der Waals surface area contributed by atoms with Gasteiger partial charge >= 0.3 is 0 Å². The molecule has 0 aromatic rings. The lowest BCUT2D eigenvalue weighted by Crippen LogP contribution is -2.49. The number of piperidine rings is 1. The third-order valence-corrected chi connectivity index (χ3v) is 7.92. The summed E-state index contributed by atoms with van der Waals surface area (Å²) < 4.78 is 51.9. The van der Waals surface area contributed by atoms with E-state index in [9.17, 15) is 16.8 Å². The van der Waals surface area contributed by atoms with Gasteiger partial charge in [-0.25, -0.2) is 13.1 Å². The first-order valence-corrected chi connectivity index (χ1v) is 10.3.